The quantitative estimate of drug-likeness (QED) is 0.787. The van der Waals surface area contributed by atoms with Gasteiger partial charge < -0.3 is 4.52 Å². The number of aryl methyl sites for hydroxylation is 2. The monoisotopic (exact) mass is 373 g/mol. The summed E-state index contributed by atoms with van der Waals surface area (Å²) in [6, 6.07) is 6.14. The van der Waals surface area contributed by atoms with Gasteiger partial charge in [-0.15, -0.1) is 0 Å². The number of rotatable bonds is 5. The van der Waals surface area contributed by atoms with Crippen LogP contribution in [-0.2, 0) is 20.0 Å². The molecular formula is C14H19N3O5S2. The fourth-order valence-electron chi connectivity index (χ4n) is 2.18. The molecule has 0 atom stereocenters. The number of aromatic nitrogens is 1. The van der Waals surface area contributed by atoms with Crippen LogP contribution in [0.3, 0.4) is 0 Å². The van der Waals surface area contributed by atoms with Gasteiger partial charge in [-0.2, -0.15) is 0 Å². The second-order valence-electron chi connectivity index (χ2n) is 5.37. The number of benzene rings is 1. The van der Waals surface area contributed by atoms with Crippen molar-refractivity contribution in [3.05, 3.63) is 35.7 Å². The van der Waals surface area contributed by atoms with Crippen LogP contribution in [0.1, 0.15) is 11.5 Å². The van der Waals surface area contributed by atoms with E-state index in [2.05, 4.69) is 5.16 Å². The molecule has 0 bridgehead atoms. The van der Waals surface area contributed by atoms with E-state index in [9.17, 15) is 16.8 Å². The summed E-state index contributed by atoms with van der Waals surface area (Å²) < 4.78 is 55.7. The van der Waals surface area contributed by atoms with E-state index in [1.165, 1.54) is 45.3 Å². The van der Waals surface area contributed by atoms with Gasteiger partial charge in [-0.1, -0.05) is 5.16 Å². The summed E-state index contributed by atoms with van der Waals surface area (Å²) in [4.78, 5) is 0.0299. The van der Waals surface area contributed by atoms with E-state index in [0.29, 0.717) is 11.4 Å². The average Bonchev–Trinajstić information content (AvgIpc) is 2.84. The Morgan fingerprint density at radius 3 is 1.75 bits per heavy atom. The van der Waals surface area contributed by atoms with Crippen molar-refractivity contribution < 1.29 is 21.4 Å². The molecule has 0 N–H and O–H groups in total. The molecule has 24 heavy (non-hydrogen) atoms. The topological polar surface area (TPSA) is 101 Å². The predicted molar refractivity (Wildman–Crippen MR) is 91.3 cm³/mol. The Balaban J connectivity index is 2.39. The molecule has 0 saturated carbocycles. The van der Waals surface area contributed by atoms with Crippen molar-refractivity contribution >= 4 is 31.4 Å². The van der Waals surface area contributed by atoms with Crippen molar-refractivity contribution in [2.75, 3.05) is 29.0 Å². The summed E-state index contributed by atoms with van der Waals surface area (Å²) in [5, 5.41) is 3.67. The van der Waals surface area contributed by atoms with Gasteiger partial charge in [0.05, 0.1) is 17.6 Å². The highest BCUT2D eigenvalue weighted by Crippen LogP contribution is 2.28. The molecule has 0 aliphatic rings. The van der Waals surface area contributed by atoms with Crippen molar-refractivity contribution in [1.82, 2.24) is 5.16 Å². The maximum Gasteiger partial charge on any atom is 0.269 e. The molecule has 0 radical (unpaired) electrons. The van der Waals surface area contributed by atoms with Crippen molar-refractivity contribution in [1.29, 1.82) is 0 Å². The van der Waals surface area contributed by atoms with Crippen molar-refractivity contribution in [2.24, 2.45) is 0 Å². The summed E-state index contributed by atoms with van der Waals surface area (Å²) in [6.45, 7) is 3.09. The normalized spacial score (nSPS) is 12.2. The lowest BCUT2D eigenvalue weighted by Crippen LogP contribution is -2.28. The van der Waals surface area contributed by atoms with Gasteiger partial charge in [-0.25, -0.2) is 16.8 Å². The van der Waals surface area contributed by atoms with Gasteiger partial charge in [0.25, 0.3) is 10.0 Å². The first-order chi connectivity index (χ1) is 11.0. The minimum Gasteiger partial charge on any atom is -0.360 e. The van der Waals surface area contributed by atoms with E-state index in [0.717, 1.165) is 14.9 Å². The zero-order valence-corrected chi connectivity index (χ0v) is 15.6. The number of sulfonamides is 2. The van der Waals surface area contributed by atoms with Crippen LogP contribution in [0.25, 0.3) is 0 Å². The Morgan fingerprint density at radius 1 is 0.917 bits per heavy atom. The molecule has 0 fully saturated rings. The molecule has 1 aromatic heterocycles. The molecule has 0 saturated heterocycles. The minimum atomic E-state index is -3.83. The van der Waals surface area contributed by atoms with E-state index in [-0.39, 0.29) is 16.3 Å². The molecule has 2 aromatic rings. The standard InChI is InChI=1S/C14H19N3O5S2/c1-10-14(11(2)22-15-10)24(20,21)17(4)13-8-6-12(7-9-13)16(3)23(5,18)19/h6-9H,1-5H3. The van der Waals surface area contributed by atoms with Gasteiger partial charge >= 0.3 is 0 Å². The molecule has 0 unspecified atom stereocenters. The fraction of sp³-hybridized carbons (Fsp3) is 0.357. The molecule has 2 rings (SSSR count). The highest BCUT2D eigenvalue weighted by Gasteiger charge is 2.29. The Morgan fingerprint density at radius 2 is 1.38 bits per heavy atom. The van der Waals surface area contributed by atoms with Crippen LogP contribution in [0.2, 0.25) is 0 Å². The van der Waals surface area contributed by atoms with E-state index < -0.39 is 20.0 Å². The van der Waals surface area contributed by atoms with E-state index in [1.54, 1.807) is 6.92 Å². The lowest BCUT2D eigenvalue weighted by Gasteiger charge is -2.21. The molecule has 0 spiro atoms. The largest absolute Gasteiger partial charge is 0.360 e. The van der Waals surface area contributed by atoms with Crippen LogP contribution in [0.4, 0.5) is 11.4 Å². The molecule has 0 amide bonds. The van der Waals surface area contributed by atoms with Crippen molar-refractivity contribution in [3.8, 4) is 0 Å². The highest BCUT2D eigenvalue weighted by atomic mass is 32.2. The first-order valence-electron chi connectivity index (χ1n) is 6.92. The summed E-state index contributed by atoms with van der Waals surface area (Å²) in [5.74, 6) is 0.216. The van der Waals surface area contributed by atoms with Crippen molar-refractivity contribution in [2.45, 2.75) is 18.7 Å². The predicted octanol–water partition coefficient (Wildman–Crippen LogP) is 1.51. The molecule has 1 heterocycles. The highest BCUT2D eigenvalue weighted by molar-refractivity contribution is 7.93. The summed E-state index contributed by atoms with van der Waals surface area (Å²) in [6.07, 6.45) is 1.09. The van der Waals surface area contributed by atoms with Crippen LogP contribution in [-0.4, -0.2) is 42.3 Å². The molecular weight excluding hydrogens is 354 g/mol. The van der Waals surface area contributed by atoms with Gasteiger partial charge in [0, 0.05) is 14.1 Å². The van der Waals surface area contributed by atoms with Crippen LogP contribution >= 0.6 is 0 Å². The molecule has 0 aliphatic heterocycles. The van der Waals surface area contributed by atoms with E-state index in [1.807, 2.05) is 0 Å². The Labute approximate surface area is 141 Å². The van der Waals surface area contributed by atoms with Crippen LogP contribution in [0.5, 0.6) is 0 Å². The first kappa shape index (κ1) is 18.3. The van der Waals surface area contributed by atoms with Gasteiger partial charge in [0.2, 0.25) is 10.0 Å². The maximum absolute atomic E-state index is 12.7. The molecule has 10 heteroatoms. The van der Waals surface area contributed by atoms with Crippen molar-refractivity contribution in [3.63, 3.8) is 0 Å². The lowest BCUT2D eigenvalue weighted by molar-refractivity contribution is 0.390. The molecule has 8 nitrogen and oxygen atoms in total. The van der Waals surface area contributed by atoms with Gasteiger partial charge in [0.1, 0.15) is 5.69 Å². The smallest absolute Gasteiger partial charge is 0.269 e. The second-order valence-corrected chi connectivity index (χ2v) is 9.29. The van der Waals surface area contributed by atoms with Gasteiger partial charge in [0.15, 0.2) is 10.7 Å². The Kier molecular flexibility index (Phi) is 4.64. The third kappa shape index (κ3) is 3.24. The summed E-state index contributed by atoms with van der Waals surface area (Å²) in [7, 11) is -4.37. The summed E-state index contributed by atoms with van der Waals surface area (Å²) in [5.41, 5.74) is 1.11. The van der Waals surface area contributed by atoms with Crippen LogP contribution in [0, 0.1) is 13.8 Å². The van der Waals surface area contributed by atoms with Gasteiger partial charge in [-0.3, -0.25) is 8.61 Å². The first-order valence-corrected chi connectivity index (χ1v) is 10.2. The SMILES string of the molecule is Cc1noc(C)c1S(=O)(=O)N(C)c1ccc(N(C)S(C)(=O)=O)cc1. The number of hydrogen-bond acceptors (Lipinski definition) is 6. The Hall–Kier alpha value is -2.07. The fourth-order valence-corrected chi connectivity index (χ4v) is 4.17. The third-order valence-electron chi connectivity index (χ3n) is 3.66. The number of anilines is 2. The van der Waals surface area contributed by atoms with E-state index in [4.69, 9.17) is 4.52 Å². The average molecular weight is 373 g/mol. The molecule has 0 aliphatic carbocycles. The second kappa shape index (κ2) is 6.10. The van der Waals surface area contributed by atoms with Crippen LogP contribution in [0.15, 0.2) is 33.7 Å². The van der Waals surface area contributed by atoms with Crippen LogP contribution < -0.4 is 8.61 Å². The lowest BCUT2D eigenvalue weighted by atomic mass is 10.3. The molecule has 1 aromatic carbocycles. The summed E-state index contributed by atoms with van der Waals surface area (Å²) >= 11 is 0. The minimum absolute atomic E-state index is 0.0299. The zero-order chi connectivity index (χ0) is 18.3. The molecule has 132 valence electrons. The van der Waals surface area contributed by atoms with Gasteiger partial charge in [-0.05, 0) is 38.1 Å². The van der Waals surface area contributed by atoms with E-state index >= 15 is 0 Å². The zero-order valence-electron chi connectivity index (χ0n) is 14.0. The number of hydrogen-bond donors (Lipinski definition) is 0. The number of nitrogens with zero attached hydrogens (tertiary/aromatic N) is 3. The maximum atomic E-state index is 12.7. The third-order valence-corrected chi connectivity index (χ3v) is 6.90. The Bertz CT molecular complexity index is 927.